The molecule has 0 saturated carbocycles. The molecule has 1 aromatic rings. The summed E-state index contributed by atoms with van der Waals surface area (Å²) in [5.41, 5.74) is 4.85. The van der Waals surface area contributed by atoms with Crippen molar-refractivity contribution in [1.82, 2.24) is 9.99 Å². The van der Waals surface area contributed by atoms with Gasteiger partial charge in [-0.25, -0.2) is 4.57 Å². The highest BCUT2D eigenvalue weighted by Crippen LogP contribution is 2.46. The number of hydrogen-bond acceptors (Lipinski definition) is 10. The summed E-state index contributed by atoms with van der Waals surface area (Å²) in [6.07, 6.45) is -1.82. The van der Waals surface area contributed by atoms with E-state index in [0.717, 1.165) is 4.90 Å². The molecule has 0 spiro atoms. The first kappa shape index (κ1) is 28.0. The number of benzene rings is 1. The number of nitrogens with zero attached hydrogens (tertiary/aromatic N) is 1. The van der Waals surface area contributed by atoms with Crippen molar-refractivity contribution in [3.05, 3.63) is 42.6 Å². The average Bonchev–Trinajstić information content (AvgIpc) is 3.01. The summed E-state index contributed by atoms with van der Waals surface area (Å²) in [5.74, 6) is -1.35. The summed E-state index contributed by atoms with van der Waals surface area (Å²) in [6, 6.07) is 7.12. The first-order valence-corrected chi connectivity index (χ1v) is 13.0. The zero-order valence-electron chi connectivity index (χ0n) is 20.5. The SMILES string of the molecule is CC(C)OC(=O)[C@H](C)NP(=O)(OC[C@H]1O[C@@H](N2C=CC(=O)CC2=O)[C@](C)(N)[C@@H]1O)Oc1ccccc1. The maximum absolute atomic E-state index is 13.6. The summed E-state index contributed by atoms with van der Waals surface area (Å²) in [4.78, 5) is 37.3. The standard InChI is InChI=1S/C23H32N3O9P/c1-14(2)33-21(30)15(3)25-36(31,35-17-8-6-5-7-9-17)32-13-18-20(29)23(4,24)22(34-18)26-11-10-16(27)12-19(26)28/h5-11,14-15,18,20,22,29H,12-13,24H2,1-4H3,(H,25,31)/t15-,18+,20+,22+,23+,36?/m0/s1. The number of rotatable bonds is 10. The van der Waals surface area contributed by atoms with Crippen molar-refractivity contribution in [3.63, 3.8) is 0 Å². The molecule has 3 rings (SSSR count). The number of hydrogen-bond donors (Lipinski definition) is 3. The van der Waals surface area contributed by atoms with Crippen LogP contribution in [0.25, 0.3) is 0 Å². The Morgan fingerprint density at radius 1 is 1.31 bits per heavy atom. The van der Waals surface area contributed by atoms with Gasteiger partial charge in [0.2, 0.25) is 5.91 Å². The molecule has 2 aliphatic rings. The molecule has 4 N–H and O–H groups in total. The van der Waals surface area contributed by atoms with Crippen LogP contribution in [0.4, 0.5) is 0 Å². The van der Waals surface area contributed by atoms with Gasteiger partial charge in [-0.1, -0.05) is 18.2 Å². The lowest BCUT2D eigenvalue weighted by Crippen LogP contribution is -2.59. The van der Waals surface area contributed by atoms with Crippen molar-refractivity contribution in [2.45, 2.75) is 70.2 Å². The van der Waals surface area contributed by atoms with E-state index in [1.54, 1.807) is 44.2 Å². The average molecular weight is 525 g/mol. The van der Waals surface area contributed by atoms with E-state index < -0.39 is 56.2 Å². The number of nitrogens with two attached hydrogens (primary N) is 1. The van der Waals surface area contributed by atoms with Crippen LogP contribution in [0.1, 0.15) is 34.1 Å². The maximum Gasteiger partial charge on any atom is 0.459 e. The summed E-state index contributed by atoms with van der Waals surface area (Å²) in [7, 11) is -4.21. The molecule has 2 heterocycles. The van der Waals surface area contributed by atoms with Crippen LogP contribution in [-0.2, 0) is 32.9 Å². The van der Waals surface area contributed by atoms with Gasteiger partial charge in [0.05, 0.1) is 24.7 Å². The van der Waals surface area contributed by atoms with Gasteiger partial charge in [0.15, 0.2) is 12.0 Å². The predicted octanol–water partition coefficient (Wildman–Crippen LogP) is 1.24. The van der Waals surface area contributed by atoms with Gasteiger partial charge in [-0.3, -0.25) is 23.8 Å². The van der Waals surface area contributed by atoms with Crippen molar-refractivity contribution >= 4 is 25.4 Å². The quantitative estimate of drug-likeness (QED) is 0.228. The predicted molar refractivity (Wildman–Crippen MR) is 127 cm³/mol. The number of ketones is 1. The van der Waals surface area contributed by atoms with Gasteiger partial charge in [0.25, 0.3) is 0 Å². The van der Waals surface area contributed by atoms with Gasteiger partial charge >= 0.3 is 13.7 Å². The van der Waals surface area contributed by atoms with E-state index >= 15 is 0 Å². The lowest BCUT2D eigenvalue weighted by atomic mass is 9.92. The van der Waals surface area contributed by atoms with Crippen LogP contribution in [0, 0.1) is 0 Å². The Hall–Kier alpha value is -2.60. The van der Waals surface area contributed by atoms with Gasteiger partial charge in [0.1, 0.15) is 24.0 Å². The molecular weight excluding hydrogens is 493 g/mol. The Morgan fingerprint density at radius 3 is 2.58 bits per heavy atom. The third kappa shape index (κ3) is 6.58. The first-order valence-electron chi connectivity index (χ1n) is 11.4. The monoisotopic (exact) mass is 525 g/mol. The fourth-order valence-corrected chi connectivity index (χ4v) is 5.19. The molecule has 0 aliphatic carbocycles. The van der Waals surface area contributed by atoms with E-state index in [2.05, 4.69) is 5.09 Å². The molecule has 12 nitrogen and oxygen atoms in total. The number of allylic oxidation sites excluding steroid dienone is 1. The Labute approximate surface area is 209 Å². The third-order valence-corrected chi connectivity index (χ3v) is 7.19. The van der Waals surface area contributed by atoms with Gasteiger partial charge in [-0.05, 0) is 45.9 Å². The normalized spacial score (nSPS) is 28.8. The lowest BCUT2D eigenvalue weighted by molar-refractivity contribution is -0.149. The molecule has 0 aromatic heterocycles. The van der Waals surface area contributed by atoms with Crippen molar-refractivity contribution in [3.8, 4) is 5.75 Å². The topological polar surface area (TPSA) is 167 Å². The number of amides is 1. The zero-order chi connectivity index (χ0) is 26.7. The van der Waals surface area contributed by atoms with Gasteiger partial charge in [0, 0.05) is 6.20 Å². The van der Waals surface area contributed by atoms with Gasteiger partial charge < -0.3 is 24.8 Å². The highest BCUT2D eigenvalue weighted by molar-refractivity contribution is 7.52. The maximum atomic E-state index is 13.6. The van der Waals surface area contributed by atoms with E-state index in [1.807, 2.05) is 0 Å². The Morgan fingerprint density at radius 2 is 1.97 bits per heavy atom. The minimum atomic E-state index is -4.21. The molecule has 0 radical (unpaired) electrons. The molecule has 1 aromatic carbocycles. The number of carbonyl (C=O) groups is 3. The largest absolute Gasteiger partial charge is 0.462 e. The molecule has 6 atom stereocenters. The Bertz CT molecular complexity index is 1050. The zero-order valence-corrected chi connectivity index (χ0v) is 21.4. The number of aliphatic hydroxyl groups is 1. The molecule has 198 valence electrons. The lowest BCUT2D eigenvalue weighted by Gasteiger charge is -2.35. The highest BCUT2D eigenvalue weighted by atomic mass is 31.2. The number of nitrogens with one attached hydrogen (secondary N) is 1. The number of carbonyl (C=O) groups excluding carboxylic acids is 3. The fraction of sp³-hybridized carbons (Fsp3) is 0.522. The first-order chi connectivity index (χ1) is 16.8. The fourth-order valence-electron chi connectivity index (χ4n) is 3.69. The second-order valence-corrected chi connectivity index (χ2v) is 10.8. The number of ether oxygens (including phenoxy) is 2. The van der Waals surface area contributed by atoms with Crippen molar-refractivity contribution in [1.29, 1.82) is 0 Å². The minimum absolute atomic E-state index is 0.209. The summed E-state index contributed by atoms with van der Waals surface area (Å²) in [6.45, 7) is 5.83. The molecule has 13 heteroatoms. The third-order valence-electron chi connectivity index (χ3n) is 5.55. The van der Waals surface area contributed by atoms with Gasteiger partial charge in [-0.2, -0.15) is 5.09 Å². The van der Waals surface area contributed by atoms with Crippen molar-refractivity contribution in [2.24, 2.45) is 5.73 Å². The second-order valence-electron chi connectivity index (χ2n) is 9.13. The molecule has 1 amide bonds. The van der Waals surface area contributed by atoms with Crippen LogP contribution in [0.15, 0.2) is 42.6 Å². The van der Waals surface area contributed by atoms with Crippen LogP contribution >= 0.6 is 7.75 Å². The molecule has 2 aliphatic heterocycles. The van der Waals surface area contributed by atoms with E-state index in [4.69, 9.17) is 24.3 Å². The van der Waals surface area contributed by atoms with E-state index in [0.29, 0.717) is 0 Å². The van der Waals surface area contributed by atoms with E-state index in [-0.39, 0.29) is 24.1 Å². The van der Waals surface area contributed by atoms with Crippen molar-refractivity contribution < 1.29 is 42.6 Å². The number of para-hydroxylation sites is 1. The summed E-state index contributed by atoms with van der Waals surface area (Å²) >= 11 is 0. The number of esters is 1. The van der Waals surface area contributed by atoms with Crippen LogP contribution in [0.2, 0.25) is 0 Å². The molecule has 0 bridgehead atoms. The molecule has 36 heavy (non-hydrogen) atoms. The van der Waals surface area contributed by atoms with Crippen LogP contribution < -0.4 is 15.3 Å². The van der Waals surface area contributed by atoms with E-state index in [9.17, 15) is 24.1 Å². The van der Waals surface area contributed by atoms with Crippen molar-refractivity contribution in [2.75, 3.05) is 6.61 Å². The molecule has 1 fully saturated rings. The van der Waals surface area contributed by atoms with Crippen LogP contribution in [0.5, 0.6) is 5.75 Å². The van der Waals surface area contributed by atoms with Gasteiger partial charge in [-0.15, -0.1) is 0 Å². The second kappa shape index (κ2) is 11.2. The Kier molecular flexibility index (Phi) is 8.71. The van der Waals surface area contributed by atoms with Crippen LogP contribution in [-0.4, -0.2) is 70.4 Å². The summed E-state index contributed by atoms with van der Waals surface area (Å²) in [5, 5.41) is 13.4. The molecule has 1 unspecified atom stereocenters. The molecular formula is C23H32N3O9P. The highest BCUT2D eigenvalue weighted by Gasteiger charge is 2.54. The minimum Gasteiger partial charge on any atom is -0.462 e. The Balaban J connectivity index is 1.76. The number of aliphatic hydroxyl groups excluding tert-OH is 1. The van der Waals surface area contributed by atoms with Crippen LogP contribution in [0.3, 0.4) is 0 Å². The summed E-state index contributed by atoms with van der Waals surface area (Å²) < 4.78 is 35.8. The molecule has 1 saturated heterocycles. The smallest absolute Gasteiger partial charge is 0.459 e. The van der Waals surface area contributed by atoms with E-state index in [1.165, 1.54) is 26.1 Å².